The second-order valence-electron chi connectivity index (χ2n) is 9.25. The van der Waals surface area contributed by atoms with E-state index in [1.54, 1.807) is 36.4 Å². The summed E-state index contributed by atoms with van der Waals surface area (Å²) in [6.45, 7) is 4.18. The number of rotatable bonds is 7. The summed E-state index contributed by atoms with van der Waals surface area (Å²) in [7, 11) is 2.10. The Bertz CT molecular complexity index is 1430. The van der Waals surface area contributed by atoms with Gasteiger partial charge < -0.3 is 20.1 Å². The molecule has 0 unspecified atom stereocenters. The first-order valence-electron chi connectivity index (χ1n) is 12.4. The van der Waals surface area contributed by atoms with E-state index in [0.29, 0.717) is 35.8 Å². The summed E-state index contributed by atoms with van der Waals surface area (Å²) >= 11 is 0. The number of amides is 2. The smallest absolute Gasteiger partial charge is 0.255 e. The van der Waals surface area contributed by atoms with Gasteiger partial charge in [0.2, 0.25) is 11.7 Å². The monoisotopic (exact) mass is 495 g/mol. The van der Waals surface area contributed by atoms with Crippen molar-refractivity contribution in [3.8, 4) is 11.4 Å². The van der Waals surface area contributed by atoms with Crippen molar-refractivity contribution in [3.05, 3.63) is 100 Å². The average Bonchev–Trinajstić information content (AvgIpc) is 3.41. The molecule has 0 radical (unpaired) electrons. The van der Waals surface area contributed by atoms with Crippen LogP contribution in [0.3, 0.4) is 0 Å². The van der Waals surface area contributed by atoms with Crippen molar-refractivity contribution in [2.24, 2.45) is 0 Å². The van der Waals surface area contributed by atoms with Crippen LogP contribution in [-0.4, -0.2) is 40.4 Å². The number of aromatic nitrogens is 2. The van der Waals surface area contributed by atoms with Gasteiger partial charge in [0, 0.05) is 48.4 Å². The van der Waals surface area contributed by atoms with Crippen LogP contribution >= 0.6 is 0 Å². The summed E-state index contributed by atoms with van der Waals surface area (Å²) in [5.41, 5.74) is 6.05. The fraction of sp³-hybridized carbons (Fsp3) is 0.241. The van der Waals surface area contributed by atoms with Crippen LogP contribution in [0.2, 0.25) is 0 Å². The Balaban J connectivity index is 1.19. The molecule has 2 amide bonds. The lowest BCUT2D eigenvalue weighted by Gasteiger charge is -2.25. The molecule has 8 nitrogen and oxygen atoms in total. The summed E-state index contributed by atoms with van der Waals surface area (Å²) in [6.07, 6.45) is 1.69. The lowest BCUT2D eigenvalue weighted by Crippen LogP contribution is -2.26. The Kier molecular flexibility index (Phi) is 7.09. The molecule has 0 aliphatic carbocycles. The van der Waals surface area contributed by atoms with Gasteiger partial charge in [0.15, 0.2) is 0 Å². The second-order valence-corrected chi connectivity index (χ2v) is 9.25. The minimum atomic E-state index is -0.206. The second kappa shape index (κ2) is 10.8. The number of carbonyl (C=O) groups is 2. The van der Waals surface area contributed by atoms with Crippen molar-refractivity contribution in [3.63, 3.8) is 0 Å². The van der Waals surface area contributed by atoms with E-state index >= 15 is 0 Å². The molecule has 188 valence electrons. The zero-order chi connectivity index (χ0) is 25.8. The number of fused-ring (bicyclic) bond motifs is 1. The van der Waals surface area contributed by atoms with E-state index in [-0.39, 0.29) is 11.8 Å². The zero-order valence-corrected chi connectivity index (χ0v) is 21.0. The van der Waals surface area contributed by atoms with E-state index in [1.165, 1.54) is 11.1 Å². The van der Waals surface area contributed by atoms with Gasteiger partial charge in [-0.1, -0.05) is 42.4 Å². The molecular formula is C29H29N5O3. The highest BCUT2D eigenvalue weighted by molar-refractivity contribution is 6.04. The molecule has 0 saturated carbocycles. The third-order valence-corrected chi connectivity index (χ3v) is 6.49. The normalized spacial score (nSPS) is 13.1. The fourth-order valence-electron chi connectivity index (χ4n) is 4.37. The third kappa shape index (κ3) is 5.76. The van der Waals surface area contributed by atoms with Gasteiger partial charge in [-0.2, -0.15) is 4.98 Å². The maximum Gasteiger partial charge on any atom is 0.255 e. The molecule has 0 spiro atoms. The van der Waals surface area contributed by atoms with Crippen LogP contribution < -0.4 is 10.6 Å². The summed E-state index contributed by atoms with van der Waals surface area (Å²) in [5, 5.41) is 9.88. The highest BCUT2D eigenvalue weighted by Gasteiger charge is 2.15. The molecule has 2 heterocycles. The first kappa shape index (κ1) is 24.4. The Morgan fingerprint density at radius 1 is 0.973 bits per heavy atom. The van der Waals surface area contributed by atoms with Gasteiger partial charge in [-0.15, -0.1) is 0 Å². The maximum absolute atomic E-state index is 12.9. The van der Waals surface area contributed by atoms with Gasteiger partial charge >= 0.3 is 0 Å². The van der Waals surface area contributed by atoms with Crippen LogP contribution in [0.15, 0.2) is 71.3 Å². The molecule has 1 aliphatic rings. The van der Waals surface area contributed by atoms with Crippen molar-refractivity contribution in [1.29, 1.82) is 0 Å². The van der Waals surface area contributed by atoms with Crippen LogP contribution in [0.4, 0.5) is 5.69 Å². The van der Waals surface area contributed by atoms with Gasteiger partial charge in [0.1, 0.15) is 0 Å². The van der Waals surface area contributed by atoms with Crippen molar-refractivity contribution >= 4 is 17.5 Å². The number of hydrogen-bond acceptors (Lipinski definition) is 6. The Hall–Kier alpha value is -4.30. The molecule has 8 heteroatoms. The Morgan fingerprint density at radius 2 is 1.81 bits per heavy atom. The SMILES string of the molecule is CCc1nc(-c2ccc(C(=O)NCc3cccc(C(=O)Nc4ccc5c(c4)CN(C)CC5)c3)cc2)no1. The molecule has 1 aliphatic heterocycles. The standard InChI is InChI=1S/C29H29N5O3/c1-3-26-32-27(33-37-26)21-7-9-22(10-8-21)28(35)30-17-19-5-4-6-23(15-19)29(36)31-25-12-11-20-13-14-34(2)18-24(20)16-25/h4-12,15-16H,3,13-14,17-18H2,1-2H3,(H,30,35)(H,31,36). The zero-order valence-electron chi connectivity index (χ0n) is 21.0. The first-order chi connectivity index (χ1) is 18.0. The number of nitrogens with one attached hydrogen (secondary N) is 2. The number of aryl methyl sites for hydroxylation is 1. The Morgan fingerprint density at radius 3 is 2.59 bits per heavy atom. The molecule has 5 rings (SSSR count). The summed E-state index contributed by atoms with van der Waals surface area (Å²) in [6, 6.07) is 20.4. The van der Waals surface area contributed by atoms with Crippen LogP contribution in [0.5, 0.6) is 0 Å². The summed E-state index contributed by atoms with van der Waals surface area (Å²) in [5.74, 6) is 0.688. The fourth-order valence-corrected chi connectivity index (χ4v) is 4.37. The van der Waals surface area contributed by atoms with Crippen molar-refractivity contribution in [2.45, 2.75) is 32.9 Å². The number of anilines is 1. The van der Waals surface area contributed by atoms with Crippen LogP contribution in [0.1, 0.15) is 50.2 Å². The largest absolute Gasteiger partial charge is 0.348 e. The van der Waals surface area contributed by atoms with E-state index in [2.05, 4.69) is 44.9 Å². The number of nitrogens with zero attached hydrogens (tertiary/aromatic N) is 3. The van der Waals surface area contributed by atoms with Gasteiger partial charge in [-0.05, 0) is 66.6 Å². The maximum atomic E-state index is 12.9. The van der Waals surface area contributed by atoms with Crippen molar-refractivity contribution in [2.75, 3.05) is 18.9 Å². The molecule has 0 fully saturated rings. The van der Waals surface area contributed by atoms with Crippen molar-refractivity contribution < 1.29 is 14.1 Å². The first-order valence-corrected chi connectivity index (χ1v) is 12.4. The highest BCUT2D eigenvalue weighted by Crippen LogP contribution is 2.22. The van der Waals surface area contributed by atoms with E-state index in [1.807, 2.05) is 25.1 Å². The van der Waals surface area contributed by atoms with E-state index in [0.717, 1.165) is 36.3 Å². The van der Waals surface area contributed by atoms with E-state index < -0.39 is 0 Å². The molecular weight excluding hydrogens is 466 g/mol. The van der Waals surface area contributed by atoms with E-state index in [4.69, 9.17) is 4.52 Å². The molecule has 0 bridgehead atoms. The lowest BCUT2D eigenvalue weighted by molar-refractivity contribution is 0.0950. The number of carbonyl (C=O) groups excluding carboxylic acids is 2. The molecule has 1 aromatic heterocycles. The van der Waals surface area contributed by atoms with Crippen LogP contribution in [0.25, 0.3) is 11.4 Å². The molecule has 0 saturated heterocycles. The number of benzene rings is 3. The predicted octanol–water partition coefficient (Wildman–Crippen LogP) is 4.47. The molecule has 0 atom stereocenters. The van der Waals surface area contributed by atoms with Crippen molar-refractivity contribution in [1.82, 2.24) is 20.4 Å². The highest BCUT2D eigenvalue weighted by atomic mass is 16.5. The average molecular weight is 496 g/mol. The number of hydrogen-bond donors (Lipinski definition) is 2. The van der Waals surface area contributed by atoms with Crippen LogP contribution in [0, 0.1) is 0 Å². The Labute approximate surface area is 215 Å². The summed E-state index contributed by atoms with van der Waals surface area (Å²) in [4.78, 5) is 32.2. The van der Waals surface area contributed by atoms with E-state index in [9.17, 15) is 9.59 Å². The molecule has 37 heavy (non-hydrogen) atoms. The topological polar surface area (TPSA) is 100 Å². The predicted molar refractivity (Wildman–Crippen MR) is 141 cm³/mol. The third-order valence-electron chi connectivity index (χ3n) is 6.49. The van der Waals surface area contributed by atoms with Gasteiger partial charge in [0.25, 0.3) is 11.8 Å². The molecule has 2 N–H and O–H groups in total. The van der Waals surface area contributed by atoms with Gasteiger partial charge in [-0.3, -0.25) is 9.59 Å². The quantitative estimate of drug-likeness (QED) is 0.392. The van der Waals surface area contributed by atoms with Crippen LogP contribution in [-0.2, 0) is 25.9 Å². The summed E-state index contributed by atoms with van der Waals surface area (Å²) < 4.78 is 5.15. The number of likely N-dealkylation sites (N-methyl/N-ethyl adjacent to an activating group) is 1. The lowest BCUT2D eigenvalue weighted by atomic mass is 9.99. The van der Waals surface area contributed by atoms with Gasteiger partial charge in [-0.25, -0.2) is 0 Å². The molecule has 4 aromatic rings. The molecule has 3 aromatic carbocycles. The van der Waals surface area contributed by atoms with Gasteiger partial charge in [0.05, 0.1) is 0 Å². The minimum Gasteiger partial charge on any atom is -0.348 e. The minimum absolute atomic E-state index is 0.180.